The van der Waals surface area contributed by atoms with E-state index >= 15 is 0 Å². The van der Waals surface area contributed by atoms with Gasteiger partial charge in [0, 0.05) is 12.5 Å². The molecule has 1 aliphatic heterocycles. The number of hydrogen-bond donors (Lipinski definition) is 1. The fraction of sp³-hybridized carbons (Fsp3) is 0.538. The predicted molar refractivity (Wildman–Crippen MR) is 79.2 cm³/mol. The van der Waals surface area contributed by atoms with Crippen molar-refractivity contribution in [2.75, 3.05) is 19.0 Å². The summed E-state index contributed by atoms with van der Waals surface area (Å²) in [5, 5.41) is 2.80. The number of aromatic nitrogens is 2. The van der Waals surface area contributed by atoms with Crippen molar-refractivity contribution in [3.8, 4) is 0 Å². The number of esters is 2. The van der Waals surface area contributed by atoms with E-state index in [-0.39, 0.29) is 23.9 Å². The van der Waals surface area contributed by atoms with E-state index in [0.29, 0.717) is 17.1 Å². The number of nitrogens with one attached hydrogen (secondary N) is 1. The first-order valence-electron chi connectivity index (χ1n) is 6.76. The number of rotatable bonds is 5. The number of carbonyl (C=O) groups excluding carboxylic acids is 2. The summed E-state index contributed by atoms with van der Waals surface area (Å²) in [6.07, 6.45) is 0. The second kappa shape index (κ2) is 6.49. The first-order chi connectivity index (χ1) is 10.7. The SMILES string of the molecule is COC(=O)C(COC(C)=O)Nc1nc(C)nc2c1CS(=O)(=O)C2. The third kappa shape index (κ3) is 4.15. The molecule has 0 aliphatic carbocycles. The molecule has 1 atom stereocenters. The normalized spacial score (nSPS) is 16.3. The number of sulfone groups is 1. The zero-order chi connectivity index (χ0) is 17.2. The molecule has 2 rings (SSSR count). The Labute approximate surface area is 133 Å². The van der Waals surface area contributed by atoms with Crippen molar-refractivity contribution >= 4 is 27.6 Å². The Balaban J connectivity index is 2.30. The lowest BCUT2D eigenvalue weighted by Gasteiger charge is -2.18. The van der Waals surface area contributed by atoms with Crippen molar-refractivity contribution in [1.82, 2.24) is 9.97 Å². The Morgan fingerprint density at radius 2 is 2.00 bits per heavy atom. The molecule has 0 saturated heterocycles. The van der Waals surface area contributed by atoms with Crippen molar-refractivity contribution in [3.05, 3.63) is 17.1 Å². The highest BCUT2D eigenvalue weighted by Gasteiger charge is 2.31. The van der Waals surface area contributed by atoms with E-state index in [1.807, 2.05) is 0 Å². The second-order valence-corrected chi connectivity index (χ2v) is 7.16. The molecule has 23 heavy (non-hydrogen) atoms. The molecule has 2 heterocycles. The number of nitrogens with zero attached hydrogens (tertiary/aromatic N) is 2. The molecule has 0 radical (unpaired) electrons. The topological polar surface area (TPSA) is 125 Å². The number of carbonyl (C=O) groups is 2. The van der Waals surface area contributed by atoms with E-state index in [0.717, 1.165) is 0 Å². The van der Waals surface area contributed by atoms with E-state index < -0.39 is 27.8 Å². The maximum atomic E-state index is 11.8. The molecule has 1 aromatic rings. The molecule has 10 heteroatoms. The summed E-state index contributed by atoms with van der Waals surface area (Å²) in [5.74, 6) is -0.959. The maximum Gasteiger partial charge on any atom is 0.331 e. The Hall–Kier alpha value is -2.23. The van der Waals surface area contributed by atoms with Crippen molar-refractivity contribution < 1.29 is 27.5 Å². The third-order valence-corrected chi connectivity index (χ3v) is 4.62. The van der Waals surface area contributed by atoms with E-state index in [9.17, 15) is 18.0 Å². The van der Waals surface area contributed by atoms with Crippen LogP contribution in [0, 0.1) is 6.92 Å². The van der Waals surface area contributed by atoms with Gasteiger partial charge in [-0.1, -0.05) is 0 Å². The van der Waals surface area contributed by atoms with Crippen LogP contribution in [-0.4, -0.2) is 50.1 Å². The summed E-state index contributed by atoms with van der Waals surface area (Å²) >= 11 is 0. The van der Waals surface area contributed by atoms with Crippen LogP contribution in [0.2, 0.25) is 0 Å². The van der Waals surface area contributed by atoms with Crippen LogP contribution < -0.4 is 5.32 Å². The highest BCUT2D eigenvalue weighted by atomic mass is 32.2. The zero-order valence-electron chi connectivity index (χ0n) is 13.0. The van der Waals surface area contributed by atoms with Crippen LogP contribution in [0.25, 0.3) is 0 Å². The molecule has 9 nitrogen and oxygen atoms in total. The lowest BCUT2D eigenvalue weighted by molar-refractivity contribution is -0.147. The van der Waals surface area contributed by atoms with Crippen LogP contribution in [0.4, 0.5) is 5.82 Å². The van der Waals surface area contributed by atoms with Gasteiger partial charge in [-0.25, -0.2) is 23.2 Å². The summed E-state index contributed by atoms with van der Waals surface area (Å²) in [6, 6.07) is -0.995. The highest BCUT2D eigenvalue weighted by Crippen LogP contribution is 2.29. The molecule has 1 aliphatic rings. The van der Waals surface area contributed by atoms with Gasteiger partial charge in [0.2, 0.25) is 0 Å². The van der Waals surface area contributed by atoms with Crippen LogP contribution in [0.5, 0.6) is 0 Å². The minimum Gasteiger partial charge on any atom is -0.467 e. The van der Waals surface area contributed by atoms with Gasteiger partial charge in [-0.2, -0.15) is 0 Å². The van der Waals surface area contributed by atoms with Crippen LogP contribution in [-0.2, 0) is 40.4 Å². The number of fused-ring (bicyclic) bond motifs is 1. The minimum absolute atomic E-state index is 0.160. The predicted octanol–water partition coefficient (Wildman–Crippen LogP) is -0.270. The molecule has 1 unspecified atom stereocenters. The van der Waals surface area contributed by atoms with E-state index in [2.05, 4.69) is 20.0 Å². The maximum absolute atomic E-state index is 11.8. The van der Waals surface area contributed by atoms with Gasteiger partial charge in [0.15, 0.2) is 15.9 Å². The van der Waals surface area contributed by atoms with E-state index in [4.69, 9.17) is 4.74 Å². The van der Waals surface area contributed by atoms with Gasteiger partial charge in [0.1, 0.15) is 18.2 Å². The van der Waals surface area contributed by atoms with Crippen molar-refractivity contribution in [2.45, 2.75) is 31.4 Å². The van der Waals surface area contributed by atoms with Gasteiger partial charge in [0.05, 0.1) is 24.3 Å². The van der Waals surface area contributed by atoms with Gasteiger partial charge in [-0.05, 0) is 6.92 Å². The number of methoxy groups -OCH3 is 1. The lowest BCUT2D eigenvalue weighted by atomic mass is 10.2. The summed E-state index contributed by atoms with van der Waals surface area (Å²) < 4.78 is 33.0. The molecule has 1 aromatic heterocycles. The number of aryl methyl sites for hydroxylation is 1. The average Bonchev–Trinajstić information content (AvgIpc) is 2.76. The zero-order valence-corrected chi connectivity index (χ0v) is 13.8. The number of ether oxygens (including phenoxy) is 2. The molecule has 0 bridgehead atoms. The summed E-state index contributed by atoms with van der Waals surface area (Å²) in [4.78, 5) is 31.0. The smallest absolute Gasteiger partial charge is 0.331 e. The molecule has 0 spiro atoms. The van der Waals surface area contributed by atoms with Crippen molar-refractivity contribution in [1.29, 1.82) is 0 Å². The van der Waals surface area contributed by atoms with Crippen molar-refractivity contribution in [2.24, 2.45) is 0 Å². The van der Waals surface area contributed by atoms with Gasteiger partial charge < -0.3 is 14.8 Å². The summed E-state index contributed by atoms with van der Waals surface area (Å²) in [5.41, 5.74) is 0.837. The Morgan fingerprint density at radius 1 is 1.30 bits per heavy atom. The van der Waals surface area contributed by atoms with Crippen molar-refractivity contribution in [3.63, 3.8) is 0 Å². The van der Waals surface area contributed by atoms with Crippen LogP contribution in [0.3, 0.4) is 0 Å². The standard InChI is InChI=1S/C13H17N3O6S/c1-7-14-11-6-23(19,20)5-9(11)12(15-7)16-10(13(18)21-3)4-22-8(2)17/h10H,4-6H2,1-3H3,(H,14,15,16). The minimum atomic E-state index is -3.28. The Bertz CT molecular complexity index is 746. The first-order valence-corrected chi connectivity index (χ1v) is 8.58. The van der Waals surface area contributed by atoms with E-state index in [1.54, 1.807) is 6.92 Å². The number of hydrogen-bond acceptors (Lipinski definition) is 9. The van der Waals surface area contributed by atoms with Gasteiger partial charge in [-0.15, -0.1) is 0 Å². The molecule has 126 valence electrons. The summed E-state index contributed by atoms with van der Waals surface area (Å²) in [6.45, 7) is 2.58. The molecular formula is C13H17N3O6S. The third-order valence-electron chi connectivity index (χ3n) is 3.18. The van der Waals surface area contributed by atoms with Gasteiger partial charge in [-0.3, -0.25) is 4.79 Å². The summed E-state index contributed by atoms with van der Waals surface area (Å²) in [7, 11) is -2.08. The Kier molecular flexibility index (Phi) is 4.83. The highest BCUT2D eigenvalue weighted by molar-refractivity contribution is 7.90. The second-order valence-electron chi connectivity index (χ2n) is 5.10. The van der Waals surface area contributed by atoms with Crippen LogP contribution in [0.1, 0.15) is 24.0 Å². The van der Waals surface area contributed by atoms with Crippen LogP contribution in [0.15, 0.2) is 0 Å². The molecule has 1 N–H and O–H groups in total. The fourth-order valence-corrected chi connectivity index (χ4v) is 3.70. The monoisotopic (exact) mass is 343 g/mol. The largest absolute Gasteiger partial charge is 0.467 e. The number of anilines is 1. The molecule has 0 amide bonds. The molecule has 0 saturated carbocycles. The average molecular weight is 343 g/mol. The van der Waals surface area contributed by atoms with Gasteiger partial charge >= 0.3 is 11.9 Å². The Morgan fingerprint density at radius 3 is 2.61 bits per heavy atom. The first kappa shape index (κ1) is 17.1. The fourth-order valence-electron chi connectivity index (χ4n) is 2.20. The van der Waals surface area contributed by atoms with E-state index in [1.165, 1.54) is 14.0 Å². The van der Waals surface area contributed by atoms with Crippen LogP contribution >= 0.6 is 0 Å². The quantitative estimate of drug-likeness (QED) is 0.719. The molecule has 0 fully saturated rings. The lowest BCUT2D eigenvalue weighted by Crippen LogP contribution is -2.36. The van der Waals surface area contributed by atoms with Gasteiger partial charge in [0.25, 0.3) is 0 Å². The molecule has 0 aromatic carbocycles. The molecular weight excluding hydrogens is 326 g/mol.